The zero-order valence-electron chi connectivity index (χ0n) is 12.5. The lowest BCUT2D eigenvalue weighted by Crippen LogP contribution is -2.40. The van der Waals surface area contributed by atoms with E-state index >= 15 is 0 Å². The molecule has 3 heterocycles. The van der Waals surface area contributed by atoms with E-state index in [1.807, 2.05) is 18.5 Å². The number of amides is 2. The van der Waals surface area contributed by atoms with Crippen LogP contribution in [0.15, 0.2) is 17.3 Å². The molecule has 2 aromatic heterocycles. The predicted molar refractivity (Wildman–Crippen MR) is 80.6 cm³/mol. The number of hydrogen-bond acceptors (Lipinski definition) is 5. The first kappa shape index (κ1) is 14.2. The van der Waals surface area contributed by atoms with Gasteiger partial charge >= 0.3 is 0 Å². The van der Waals surface area contributed by atoms with Crippen molar-refractivity contribution < 1.29 is 9.59 Å². The Labute approximate surface area is 126 Å². The molecule has 0 unspecified atom stereocenters. The summed E-state index contributed by atoms with van der Waals surface area (Å²) in [7, 11) is 0. The van der Waals surface area contributed by atoms with E-state index in [0.717, 1.165) is 11.0 Å². The summed E-state index contributed by atoms with van der Waals surface area (Å²) in [5.41, 5.74) is 1.77. The maximum Gasteiger partial charge on any atom is 0.259 e. The topological polar surface area (TPSA) is 101 Å². The number of fused-ring (bicyclic) bond motifs is 1. The second-order valence-electron chi connectivity index (χ2n) is 5.38. The van der Waals surface area contributed by atoms with Gasteiger partial charge in [0.25, 0.3) is 5.91 Å². The Bertz CT molecular complexity index is 805. The lowest BCUT2D eigenvalue weighted by molar-refractivity contribution is -0.117. The number of aryl methyl sites for hydroxylation is 1. The van der Waals surface area contributed by atoms with Crippen molar-refractivity contribution in [3.63, 3.8) is 0 Å². The number of hydrogen-bond donors (Lipinski definition) is 2. The molecule has 8 heteroatoms. The van der Waals surface area contributed by atoms with Crippen molar-refractivity contribution in [1.82, 2.24) is 25.4 Å². The zero-order chi connectivity index (χ0) is 15.9. The second kappa shape index (κ2) is 5.21. The van der Waals surface area contributed by atoms with Crippen LogP contribution in [0.2, 0.25) is 0 Å². The molecular weight excluding hydrogens is 284 g/mol. The van der Waals surface area contributed by atoms with E-state index in [0.29, 0.717) is 11.3 Å². The minimum atomic E-state index is -0.356. The number of carbonyl (C=O) groups is 2. The zero-order valence-corrected chi connectivity index (χ0v) is 12.5. The lowest BCUT2D eigenvalue weighted by atomic mass is 10.1. The number of pyridine rings is 1. The van der Waals surface area contributed by atoms with Crippen molar-refractivity contribution in [2.24, 2.45) is 4.99 Å². The van der Waals surface area contributed by atoms with Gasteiger partial charge in [-0.1, -0.05) is 0 Å². The third-order valence-corrected chi connectivity index (χ3v) is 3.36. The average Bonchev–Trinajstić information content (AvgIpc) is 3.03. The Morgan fingerprint density at radius 2 is 2.23 bits per heavy atom. The number of aromatic nitrogens is 3. The van der Waals surface area contributed by atoms with Gasteiger partial charge in [0, 0.05) is 11.4 Å². The summed E-state index contributed by atoms with van der Waals surface area (Å²) in [6.45, 7) is 5.84. The van der Waals surface area contributed by atoms with Crippen LogP contribution in [-0.2, 0) is 4.79 Å². The van der Waals surface area contributed by atoms with Crippen molar-refractivity contribution in [2.45, 2.75) is 26.8 Å². The van der Waals surface area contributed by atoms with Gasteiger partial charge in [0.2, 0.25) is 11.9 Å². The quantitative estimate of drug-likeness (QED) is 0.845. The molecule has 22 heavy (non-hydrogen) atoms. The first-order valence-electron chi connectivity index (χ1n) is 6.96. The summed E-state index contributed by atoms with van der Waals surface area (Å²) in [6.07, 6.45) is 1.69. The standard InChI is InChI=1S/C14H16N6O2/c1-7(2)20-12-9(5-16-20)4-10(8(3)17-12)13(22)19-14-15-6-11(21)18-14/h4-5,7H,6H2,1-3H3,(H2,15,18,19,21,22). The average molecular weight is 300 g/mol. The monoisotopic (exact) mass is 300 g/mol. The lowest BCUT2D eigenvalue weighted by Gasteiger charge is -2.09. The molecule has 1 aliphatic heterocycles. The van der Waals surface area contributed by atoms with Crippen molar-refractivity contribution in [1.29, 1.82) is 0 Å². The molecule has 0 saturated carbocycles. The number of aliphatic imine (C=N–C) groups is 1. The van der Waals surface area contributed by atoms with Crippen LogP contribution in [0.25, 0.3) is 11.0 Å². The maximum atomic E-state index is 12.3. The predicted octanol–water partition coefficient (Wildman–Crippen LogP) is 0.536. The summed E-state index contributed by atoms with van der Waals surface area (Å²) in [4.78, 5) is 31.7. The van der Waals surface area contributed by atoms with Crippen LogP contribution >= 0.6 is 0 Å². The highest BCUT2D eigenvalue weighted by Gasteiger charge is 2.19. The van der Waals surface area contributed by atoms with Gasteiger partial charge in [0.15, 0.2) is 5.65 Å². The van der Waals surface area contributed by atoms with Crippen LogP contribution in [-0.4, -0.2) is 39.1 Å². The smallest absolute Gasteiger partial charge is 0.259 e. The van der Waals surface area contributed by atoms with Gasteiger partial charge < -0.3 is 0 Å². The fourth-order valence-electron chi connectivity index (χ4n) is 2.28. The third kappa shape index (κ3) is 2.43. The van der Waals surface area contributed by atoms with Gasteiger partial charge in [-0.15, -0.1) is 0 Å². The Morgan fingerprint density at radius 1 is 1.45 bits per heavy atom. The molecule has 8 nitrogen and oxygen atoms in total. The Balaban J connectivity index is 1.92. The van der Waals surface area contributed by atoms with Gasteiger partial charge in [0.1, 0.15) is 6.54 Å². The van der Waals surface area contributed by atoms with Gasteiger partial charge in [0.05, 0.1) is 17.5 Å². The fraction of sp³-hybridized carbons (Fsp3) is 0.357. The first-order chi connectivity index (χ1) is 10.5. The molecule has 2 aromatic rings. The van der Waals surface area contributed by atoms with Crippen molar-refractivity contribution in [3.8, 4) is 0 Å². The number of guanidine groups is 1. The molecule has 0 atom stereocenters. The summed E-state index contributed by atoms with van der Waals surface area (Å²) in [5.74, 6) is -0.420. The number of nitrogens with one attached hydrogen (secondary N) is 2. The van der Waals surface area contributed by atoms with Crippen molar-refractivity contribution in [2.75, 3.05) is 6.54 Å². The molecule has 1 aliphatic rings. The Kier molecular flexibility index (Phi) is 3.36. The van der Waals surface area contributed by atoms with E-state index in [-0.39, 0.29) is 30.4 Å². The molecule has 0 radical (unpaired) electrons. The highest BCUT2D eigenvalue weighted by molar-refractivity contribution is 6.13. The van der Waals surface area contributed by atoms with E-state index in [9.17, 15) is 9.59 Å². The second-order valence-corrected chi connectivity index (χ2v) is 5.38. The molecule has 0 fully saturated rings. The van der Waals surface area contributed by atoms with Crippen LogP contribution in [0.3, 0.4) is 0 Å². The highest BCUT2D eigenvalue weighted by Crippen LogP contribution is 2.19. The normalized spacial score (nSPS) is 14.4. The van der Waals surface area contributed by atoms with Crippen LogP contribution in [0.5, 0.6) is 0 Å². The van der Waals surface area contributed by atoms with E-state index in [1.54, 1.807) is 19.2 Å². The number of rotatable bonds is 2. The van der Waals surface area contributed by atoms with Crippen molar-refractivity contribution in [3.05, 3.63) is 23.5 Å². The molecule has 2 N–H and O–H groups in total. The molecule has 0 aliphatic carbocycles. The SMILES string of the molecule is Cc1nc2c(cnn2C(C)C)cc1C(=O)NC1=NCC(=O)N1. The molecule has 0 spiro atoms. The first-order valence-corrected chi connectivity index (χ1v) is 6.96. The molecule has 0 bridgehead atoms. The van der Waals surface area contributed by atoms with Crippen LogP contribution in [0, 0.1) is 6.92 Å². The minimum absolute atomic E-state index is 0.0348. The van der Waals surface area contributed by atoms with Gasteiger partial charge in [-0.05, 0) is 26.8 Å². The molecule has 0 aromatic carbocycles. The van der Waals surface area contributed by atoms with Crippen molar-refractivity contribution >= 4 is 28.8 Å². The minimum Gasteiger partial charge on any atom is -0.295 e. The van der Waals surface area contributed by atoms with Gasteiger partial charge in [-0.3, -0.25) is 20.2 Å². The van der Waals surface area contributed by atoms with E-state index in [1.165, 1.54) is 0 Å². The van der Waals surface area contributed by atoms with E-state index < -0.39 is 0 Å². The summed E-state index contributed by atoms with van der Waals surface area (Å²) in [5, 5.41) is 10.1. The highest BCUT2D eigenvalue weighted by atomic mass is 16.2. The Hall–Kier alpha value is -2.77. The molecule has 114 valence electrons. The molecule has 2 amide bonds. The number of carbonyl (C=O) groups excluding carboxylic acids is 2. The summed E-state index contributed by atoms with van der Waals surface area (Å²) >= 11 is 0. The fourth-order valence-corrected chi connectivity index (χ4v) is 2.28. The molecular formula is C14H16N6O2. The van der Waals surface area contributed by atoms with Crippen LogP contribution in [0.1, 0.15) is 35.9 Å². The molecule has 3 rings (SSSR count). The van der Waals surface area contributed by atoms with Crippen LogP contribution in [0.4, 0.5) is 0 Å². The van der Waals surface area contributed by atoms with E-state index in [2.05, 4.69) is 25.7 Å². The van der Waals surface area contributed by atoms with Gasteiger partial charge in [-0.25, -0.2) is 14.7 Å². The summed E-state index contributed by atoms with van der Waals surface area (Å²) in [6, 6.07) is 1.93. The third-order valence-electron chi connectivity index (χ3n) is 3.36. The van der Waals surface area contributed by atoms with Gasteiger partial charge in [-0.2, -0.15) is 5.10 Å². The van der Waals surface area contributed by atoms with Crippen LogP contribution < -0.4 is 10.6 Å². The molecule has 0 saturated heterocycles. The number of nitrogens with zero attached hydrogens (tertiary/aromatic N) is 4. The largest absolute Gasteiger partial charge is 0.295 e. The maximum absolute atomic E-state index is 12.3. The Morgan fingerprint density at radius 3 is 2.86 bits per heavy atom. The van der Waals surface area contributed by atoms with E-state index in [4.69, 9.17) is 0 Å². The summed E-state index contributed by atoms with van der Waals surface area (Å²) < 4.78 is 1.81.